The van der Waals surface area contributed by atoms with Gasteiger partial charge in [0.2, 0.25) is 0 Å². The van der Waals surface area contributed by atoms with Crippen molar-refractivity contribution in [2.75, 3.05) is 31.1 Å². The molecule has 1 fully saturated rings. The molecule has 0 aliphatic carbocycles. The zero-order valence-electron chi connectivity index (χ0n) is 17.9. The number of hydrogen-bond donors (Lipinski definition) is 0. The third kappa shape index (κ3) is 4.08. The van der Waals surface area contributed by atoms with Crippen LogP contribution in [0.3, 0.4) is 0 Å². The Labute approximate surface area is 180 Å². The van der Waals surface area contributed by atoms with Gasteiger partial charge in [0.05, 0.1) is 5.39 Å². The number of aryl methyl sites for hydroxylation is 1. The quantitative estimate of drug-likeness (QED) is 0.596. The number of carbonyl (C=O) groups is 2. The van der Waals surface area contributed by atoms with Crippen molar-refractivity contribution < 1.29 is 9.59 Å². The molecule has 7 heteroatoms. The van der Waals surface area contributed by atoms with Crippen LogP contribution in [0.2, 0.25) is 0 Å². The van der Waals surface area contributed by atoms with Crippen LogP contribution in [0.15, 0.2) is 53.3 Å². The summed E-state index contributed by atoms with van der Waals surface area (Å²) in [6, 6.07) is 14.8. The van der Waals surface area contributed by atoms with E-state index in [2.05, 4.69) is 10.00 Å². The first-order valence-electron chi connectivity index (χ1n) is 10.6. The van der Waals surface area contributed by atoms with E-state index in [-0.39, 0.29) is 17.2 Å². The van der Waals surface area contributed by atoms with Gasteiger partial charge < -0.3 is 9.80 Å². The monoisotopic (exact) mass is 418 g/mol. The molecule has 0 atom stereocenters. The van der Waals surface area contributed by atoms with Gasteiger partial charge in [0.15, 0.2) is 11.5 Å². The van der Waals surface area contributed by atoms with Crippen LogP contribution in [0.5, 0.6) is 0 Å². The molecule has 4 rings (SSSR count). The molecule has 3 aromatic rings. The molecule has 0 saturated carbocycles. The van der Waals surface area contributed by atoms with Crippen LogP contribution in [0, 0.1) is 0 Å². The van der Waals surface area contributed by atoms with E-state index >= 15 is 0 Å². The largest absolute Gasteiger partial charge is 0.368 e. The van der Waals surface area contributed by atoms with Crippen molar-refractivity contribution in [3.63, 3.8) is 0 Å². The second-order valence-electron chi connectivity index (χ2n) is 7.80. The molecule has 0 radical (unpaired) electrons. The number of piperazine rings is 1. The van der Waals surface area contributed by atoms with Gasteiger partial charge in [-0.05, 0) is 43.7 Å². The zero-order chi connectivity index (χ0) is 22.0. The fourth-order valence-corrected chi connectivity index (χ4v) is 3.98. The fourth-order valence-electron chi connectivity index (χ4n) is 3.98. The molecule has 1 aliphatic rings. The lowest BCUT2D eigenvalue weighted by atomic mass is 10.1. The van der Waals surface area contributed by atoms with Gasteiger partial charge in [-0.2, -0.15) is 5.10 Å². The highest BCUT2D eigenvalue weighted by molar-refractivity contribution is 6.04. The number of Topliss-reactive ketones (excluding diaryl/α,β-unsaturated/α-hetero) is 1. The normalized spacial score (nSPS) is 14.1. The van der Waals surface area contributed by atoms with E-state index in [1.807, 2.05) is 43.3 Å². The third-order valence-electron chi connectivity index (χ3n) is 5.71. The molecule has 1 amide bonds. The van der Waals surface area contributed by atoms with Gasteiger partial charge >= 0.3 is 0 Å². The van der Waals surface area contributed by atoms with Crippen molar-refractivity contribution in [3.05, 3.63) is 70.1 Å². The number of ketones is 1. The van der Waals surface area contributed by atoms with Crippen LogP contribution in [0.1, 0.15) is 41.1 Å². The Kier molecular flexibility index (Phi) is 5.84. The molecular formula is C24H26N4O3. The molecule has 0 N–H and O–H groups in total. The number of rotatable bonds is 5. The Morgan fingerprint density at radius 2 is 1.58 bits per heavy atom. The van der Waals surface area contributed by atoms with E-state index in [0.29, 0.717) is 54.8 Å². The molecule has 2 heterocycles. The summed E-state index contributed by atoms with van der Waals surface area (Å²) in [6.07, 6.45) is 0.764. The molecule has 0 unspecified atom stereocenters. The molecular weight excluding hydrogens is 392 g/mol. The van der Waals surface area contributed by atoms with Crippen molar-refractivity contribution in [3.8, 4) is 0 Å². The van der Waals surface area contributed by atoms with Crippen LogP contribution >= 0.6 is 0 Å². The second-order valence-corrected chi connectivity index (χ2v) is 7.80. The van der Waals surface area contributed by atoms with Gasteiger partial charge in [-0.1, -0.05) is 25.1 Å². The summed E-state index contributed by atoms with van der Waals surface area (Å²) >= 11 is 0. The van der Waals surface area contributed by atoms with Crippen LogP contribution in [-0.4, -0.2) is 52.5 Å². The maximum absolute atomic E-state index is 13.3. The topological polar surface area (TPSA) is 75.5 Å². The minimum atomic E-state index is -0.159. The minimum absolute atomic E-state index is 0.0473. The van der Waals surface area contributed by atoms with Gasteiger partial charge in [0, 0.05) is 49.4 Å². The van der Waals surface area contributed by atoms with Gasteiger partial charge in [-0.15, -0.1) is 0 Å². The SMILES string of the molecule is CCCn1nc(C(=O)N2CCN(c3ccc(C(C)=O)cc3)CC2)c2ccccc2c1=O. The average molecular weight is 418 g/mol. The molecule has 160 valence electrons. The highest BCUT2D eigenvalue weighted by atomic mass is 16.2. The number of nitrogens with zero attached hydrogens (tertiary/aromatic N) is 4. The summed E-state index contributed by atoms with van der Waals surface area (Å²) in [4.78, 5) is 41.5. The van der Waals surface area contributed by atoms with Gasteiger partial charge in [0.25, 0.3) is 11.5 Å². The lowest BCUT2D eigenvalue weighted by Crippen LogP contribution is -2.49. The van der Waals surface area contributed by atoms with Crippen molar-refractivity contribution in [1.29, 1.82) is 0 Å². The fraction of sp³-hybridized carbons (Fsp3) is 0.333. The first kappa shape index (κ1) is 20.8. The zero-order valence-corrected chi connectivity index (χ0v) is 17.9. The Morgan fingerprint density at radius 3 is 2.19 bits per heavy atom. The maximum atomic E-state index is 13.3. The molecule has 7 nitrogen and oxygen atoms in total. The highest BCUT2D eigenvalue weighted by Gasteiger charge is 2.26. The summed E-state index contributed by atoms with van der Waals surface area (Å²) in [5.41, 5.74) is 1.91. The van der Waals surface area contributed by atoms with Crippen molar-refractivity contribution in [2.45, 2.75) is 26.8 Å². The van der Waals surface area contributed by atoms with E-state index in [9.17, 15) is 14.4 Å². The average Bonchev–Trinajstić information content (AvgIpc) is 2.81. The molecule has 1 aliphatic heterocycles. The smallest absolute Gasteiger partial charge is 0.275 e. The summed E-state index contributed by atoms with van der Waals surface area (Å²) in [5, 5.41) is 5.57. The molecule has 0 bridgehead atoms. The number of hydrogen-bond acceptors (Lipinski definition) is 5. The Balaban J connectivity index is 1.55. The molecule has 0 spiro atoms. The maximum Gasteiger partial charge on any atom is 0.275 e. The van der Waals surface area contributed by atoms with E-state index < -0.39 is 0 Å². The van der Waals surface area contributed by atoms with Crippen LogP contribution < -0.4 is 10.5 Å². The molecule has 1 aromatic heterocycles. The Hall–Kier alpha value is -3.48. The molecule has 31 heavy (non-hydrogen) atoms. The third-order valence-corrected chi connectivity index (χ3v) is 5.71. The van der Waals surface area contributed by atoms with E-state index in [1.54, 1.807) is 24.0 Å². The number of fused-ring (bicyclic) bond motifs is 1. The molecule has 2 aromatic carbocycles. The number of amides is 1. The minimum Gasteiger partial charge on any atom is -0.368 e. The Morgan fingerprint density at radius 1 is 0.935 bits per heavy atom. The van der Waals surface area contributed by atoms with Crippen LogP contribution in [0.25, 0.3) is 10.8 Å². The van der Waals surface area contributed by atoms with Gasteiger partial charge in [-0.25, -0.2) is 4.68 Å². The first-order chi connectivity index (χ1) is 15.0. The van der Waals surface area contributed by atoms with Crippen LogP contribution in [-0.2, 0) is 6.54 Å². The van der Waals surface area contributed by atoms with E-state index in [0.717, 1.165) is 12.1 Å². The summed E-state index contributed by atoms with van der Waals surface area (Å²) in [6.45, 7) is 6.53. The van der Waals surface area contributed by atoms with E-state index in [1.165, 1.54) is 4.68 Å². The predicted molar refractivity (Wildman–Crippen MR) is 121 cm³/mol. The summed E-state index contributed by atoms with van der Waals surface area (Å²) < 4.78 is 1.41. The lowest BCUT2D eigenvalue weighted by Gasteiger charge is -2.36. The van der Waals surface area contributed by atoms with Crippen LogP contribution in [0.4, 0.5) is 5.69 Å². The number of anilines is 1. The second kappa shape index (κ2) is 8.71. The summed E-state index contributed by atoms with van der Waals surface area (Å²) in [5.74, 6) is -0.0984. The van der Waals surface area contributed by atoms with Gasteiger partial charge in [0.1, 0.15) is 0 Å². The van der Waals surface area contributed by atoms with Crippen molar-refractivity contribution in [2.24, 2.45) is 0 Å². The van der Waals surface area contributed by atoms with Crippen molar-refractivity contribution >= 4 is 28.2 Å². The first-order valence-corrected chi connectivity index (χ1v) is 10.6. The van der Waals surface area contributed by atoms with Gasteiger partial charge in [-0.3, -0.25) is 14.4 Å². The number of benzene rings is 2. The summed E-state index contributed by atoms with van der Waals surface area (Å²) in [7, 11) is 0. The highest BCUT2D eigenvalue weighted by Crippen LogP contribution is 2.20. The molecule has 1 saturated heterocycles. The van der Waals surface area contributed by atoms with E-state index in [4.69, 9.17) is 0 Å². The lowest BCUT2D eigenvalue weighted by molar-refractivity contribution is 0.0740. The van der Waals surface area contributed by atoms with Crippen molar-refractivity contribution in [1.82, 2.24) is 14.7 Å². The Bertz CT molecular complexity index is 1180. The standard InChI is InChI=1S/C24H26N4O3/c1-3-12-28-23(30)21-7-5-4-6-20(21)22(25-28)24(31)27-15-13-26(14-16-27)19-10-8-18(9-11-19)17(2)29/h4-11H,3,12-16H2,1-2H3. The predicted octanol–water partition coefficient (Wildman–Crippen LogP) is 2.97. The number of aromatic nitrogens is 2. The number of carbonyl (C=O) groups excluding carboxylic acids is 2.